The maximum absolute atomic E-state index is 11.1. The molecule has 5 nitrogen and oxygen atoms in total. The van der Waals surface area contributed by atoms with Gasteiger partial charge in [0, 0.05) is 13.1 Å². The van der Waals surface area contributed by atoms with Crippen molar-refractivity contribution in [3.63, 3.8) is 0 Å². The van der Waals surface area contributed by atoms with Gasteiger partial charge in [-0.05, 0) is 25.0 Å². The van der Waals surface area contributed by atoms with Crippen molar-refractivity contribution in [2.75, 3.05) is 13.1 Å². The van der Waals surface area contributed by atoms with E-state index < -0.39 is 11.8 Å². The third-order valence-electron chi connectivity index (χ3n) is 1.82. The summed E-state index contributed by atoms with van der Waals surface area (Å²) in [5.74, 6) is -1.19. The quantitative estimate of drug-likeness (QED) is 0.691. The van der Waals surface area contributed by atoms with Gasteiger partial charge in [0.2, 0.25) is 0 Å². The molecule has 1 heterocycles. The maximum atomic E-state index is 11.1. The minimum Gasteiger partial charge on any atom is -0.472 e. The monoisotopic (exact) mass is 210 g/mol. The fraction of sp³-hybridized carbons (Fsp3) is 0.400. The van der Waals surface area contributed by atoms with E-state index in [2.05, 4.69) is 10.6 Å². The smallest absolute Gasteiger partial charge is 0.309 e. The molecule has 0 unspecified atom stereocenters. The van der Waals surface area contributed by atoms with Crippen molar-refractivity contribution in [2.45, 2.75) is 13.3 Å². The molecule has 0 saturated carbocycles. The van der Waals surface area contributed by atoms with Crippen molar-refractivity contribution in [3.05, 3.63) is 24.2 Å². The molecule has 0 aromatic carbocycles. The van der Waals surface area contributed by atoms with Gasteiger partial charge in [-0.25, -0.2) is 0 Å². The number of carbonyl (C=O) groups excluding carboxylic acids is 2. The van der Waals surface area contributed by atoms with Crippen LogP contribution in [0.25, 0.3) is 0 Å². The van der Waals surface area contributed by atoms with Gasteiger partial charge in [-0.3, -0.25) is 9.59 Å². The lowest BCUT2D eigenvalue weighted by Crippen LogP contribution is -2.40. The van der Waals surface area contributed by atoms with Crippen LogP contribution in [0.3, 0.4) is 0 Å². The summed E-state index contributed by atoms with van der Waals surface area (Å²) in [6.07, 6.45) is 3.83. The minimum absolute atomic E-state index is 0.426. The molecule has 15 heavy (non-hydrogen) atoms. The predicted octanol–water partition coefficient (Wildman–Crippen LogP) is 0.0744. The van der Waals surface area contributed by atoms with Gasteiger partial charge in [0.05, 0.1) is 12.5 Å². The number of carbonyl (C=O) groups is 2. The zero-order valence-corrected chi connectivity index (χ0v) is 8.58. The molecule has 0 aliphatic carbocycles. The van der Waals surface area contributed by atoms with E-state index in [1.807, 2.05) is 6.07 Å². The van der Waals surface area contributed by atoms with Crippen LogP contribution >= 0.6 is 0 Å². The van der Waals surface area contributed by atoms with Gasteiger partial charge >= 0.3 is 11.8 Å². The number of hydrogen-bond acceptors (Lipinski definition) is 3. The van der Waals surface area contributed by atoms with Crippen LogP contribution in [0.4, 0.5) is 0 Å². The third kappa shape index (κ3) is 3.84. The highest BCUT2D eigenvalue weighted by atomic mass is 16.3. The second kappa shape index (κ2) is 5.85. The molecule has 0 atom stereocenters. The summed E-state index contributed by atoms with van der Waals surface area (Å²) in [5, 5.41) is 4.93. The number of hydrogen-bond donors (Lipinski definition) is 2. The molecule has 5 heteroatoms. The fourth-order valence-electron chi connectivity index (χ4n) is 1.08. The molecule has 82 valence electrons. The van der Waals surface area contributed by atoms with Crippen LogP contribution in [-0.2, 0) is 16.0 Å². The van der Waals surface area contributed by atoms with Gasteiger partial charge in [0.15, 0.2) is 0 Å². The van der Waals surface area contributed by atoms with Gasteiger partial charge in [-0.1, -0.05) is 0 Å². The molecule has 1 aromatic rings. The first-order valence-electron chi connectivity index (χ1n) is 4.81. The summed E-state index contributed by atoms with van der Waals surface area (Å²) in [6.45, 7) is 2.64. The van der Waals surface area contributed by atoms with E-state index in [0.29, 0.717) is 19.5 Å². The number of amides is 2. The Morgan fingerprint density at radius 3 is 2.67 bits per heavy atom. The number of rotatable bonds is 4. The Morgan fingerprint density at radius 2 is 2.07 bits per heavy atom. The van der Waals surface area contributed by atoms with Crippen LogP contribution in [0.1, 0.15) is 12.5 Å². The molecule has 1 rings (SSSR count). The van der Waals surface area contributed by atoms with E-state index in [-0.39, 0.29) is 0 Å². The Labute approximate surface area is 87.8 Å². The van der Waals surface area contributed by atoms with Crippen LogP contribution in [0, 0.1) is 0 Å². The second-order valence-corrected chi connectivity index (χ2v) is 3.00. The van der Waals surface area contributed by atoms with Gasteiger partial charge in [0.1, 0.15) is 0 Å². The summed E-state index contributed by atoms with van der Waals surface area (Å²) in [4.78, 5) is 22.1. The molecule has 0 spiro atoms. The zero-order chi connectivity index (χ0) is 11.1. The Morgan fingerprint density at radius 1 is 1.33 bits per heavy atom. The molecule has 0 fully saturated rings. The summed E-state index contributed by atoms with van der Waals surface area (Å²) in [5.41, 5.74) is 0.992. The average Bonchev–Trinajstić information content (AvgIpc) is 2.71. The lowest BCUT2D eigenvalue weighted by Gasteiger charge is -2.03. The Balaban J connectivity index is 2.20. The molecule has 0 radical (unpaired) electrons. The topological polar surface area (TPSA) is 71.3 Å². The number of likely N-dealkylation sites (N-methyl/N-ethyl adjacent to an activating group) is 1. The third-order valence-corrected chi connectivity index (χ3v) is 1.82. The van der Waals surface area contributed by atoms with Gasteiger partial charge in [0.25, 0.3) is 0 Å². The largest absolute Gasteiger partial charge is 0.472 e. The average molecular weight is 210 g/mol. The first-order chi connectivity index (χ1) is 7.24. The van der Waals surface area contributed by atoms with Crippen LogP contribution in [0.5, 0.6) is 0 Å². The van der Waals surface area contributed by atoms with Gasteiger partial charge < -0.3 is 15.1 Å². The van der Waals surface area contributed by atoms with Crippen LogP contribution < -0.4 is 10.6 Å². The molecule has 2 N–H and O–H groups in total. The Hall–Kier alpha value is -1.78. The van der Waals surface area contributed by atoms with Crippen molar-refractivity contribution < 1.29 is 14.0 Å². The molecule has 0 bridgehead atoms. The van der Waals surface area contributed by atoms with E-state index in [1.165, 1.54) is 0 Å². The maximum Gasteiger partial charge on any atom is 0.309 e. The highest BCUT2D eigenvalue weighted by Crippen LogP contribution is 1.99. The summed E-state index contributed by atoms with van der Waals surface area (Å²) in [6, 6.07) is 1.82. The van der Waals surface area contributed by atoms with Crippen molar-refractivity contribution in [1.82, 2.24) is 10.6 Å². The van der Waals surface area contributed by atoms with E-state index >= 15 is 0 Å². The molecule has 0 aliphatic heterocycles. The summed E-state index contributed by atoms with van der Waals surface area (Å²) in [7, 11) is 0. The molecular weight excluding hydrogens is 196 g/mol. The standard InChI is InChI=1S/C10H14N2O3/c1-2-11-9(13)10(14)12-5-3-8-4-6-15-7-8/h4,6-7H,2-3,5H2,1H3,(H,11,13)(H,12,14). The van der Waals surface area contributed by atoms with E-state index in [4.69, 9.17) is 4.42 Å². The van der Waals surface area contributed by atoms with Crippen molar-refractivity contribution in [2.24, 2.45) is 0 Å². The van der Waals surface area contributed by atoms with E-state index in [1.54, 1.807) is 19.5 Å². The fourth-order valence-corrected chi connectivity index (χ4v) is 1.08. The molecule has 0 saturated heterocycles. The normalized spacial score (nSPS) is 9.67. The first-order valence-corrected chi connectivity index (χ1v) is 4.81. The minimum atomic E-state index is -0.597. The zero-order valence-electron chi connectivity index (χ0n) is 8.58. The lowest BCUT2D eigenvalue weighted by molar-refractivity contribution is -0.139. The van der Waals surface area contributed by atoms with Gasteiger partial charge in [-0.15, -0.1) is 0 Å². The number of nitrogens with one attached hydrogen (secondary N) is 2. The van der Waals surface area contributed by atoms with E-state index in [9.17, 15) is 9.59 Å². The highest BCUT2D eigenvalue weighted by molar-refractivity contribution is 6.35. The molecular formula is C10H14N2O3. The van der Waals surface area contributed by atoms with Gasteiger partial charge in [-0.2, -0.15) is 0 Å². The highest BCUT2D eigenvalue weighted by Gasteiger charge is 2.10. The molecule has 1 aromatic heterocycles. The predicted molar refractivity (Wildman–Crippen MR) is 54.1 cm³/mol. The molecule has 0 aliphatic rings. The van der Waals surface area contributed by atoms with Crippen LogP contribution in [-0.4, -0.2) is 24.9 Å². The Bertz CT molecular complexity index is 319. The summed E-state index contributed by atoms with van der Waals surface area (Å²) < 4.78 is 4.87. The van der Waals surface area contributed by atoms with Crippen molar-refractivity contribution in [1.29, 1.82) is 0 Å². The van der Waals surface area contributed by atoms with E-state index in [0.717, 1.165) is 5.56 Å². The summed E-state index contributed by atoms with van der Waals surface area (Å²) >= 11 is 0. The van der Waals surface area contributed by atoms with Crippen molar-refractivity contribution in [3.8, 4) is 0 Å². The first kappa shape index (κ1) is 11.3. The lowest BCUT2D eigenvalue weighted by atomic mass is 10.2. The van der Waals surface area contributed by atoms with Crippen molar-refractivity contribution >= 4 is 11.8 Å². The van der Waals surface area contributed by atoms with Crippen LogP contribution in [0.2, 0.25) is 0 Å². The second-order valence-electron chi connectivity index (χ2n) is 3.00. The SMILES string of the molecule is CCNC(=O)C(=O)NCCc1ccoc1. The van der Waals surface area contributed by atoms with Crippen LogP contribution in [0.15, 0.2) is 23.0 Å². The number of furan rings is 1. The molecule has 2 amide bonds. The Kier molecular flexibility index (Phi) is 4.40.